The van der Waals surface area contributed by atoms with Crippen molar-refractivity contribution in [3.05, 3.63) is 34.9 Å². The van der Waals surface area contributed by atoms with E-state index in [1.807, 2.05) is 25.7 Å². The number of aryl methyl sites for hydroxylation is 1. The van der Waals surface area contributed by atoms with Crippen LogP contribution in [0.25, 0.3) is 0 Å². The molecule has 0 aliphatic carbocycles. The van der Waals surface area contributed by atoms with Crippen molar-refractivity contribution in [2.45, 2.75) is 63.8 Å². The maximum atomic E-state index is 12.2. The second kappa shape index (κ2) is 7.69. The molecule has 2 rings (SSSR count). The summed E-state index contributed by atoms with van der Waals surface area (Å²) in [5, 5.41) is 0.900. The summed E-state index contributed by atoms with van der Waals surface area (Å²) in [5.74, 6) is 0.549. The molecule has 4 heteroatoms. The van der Waals surface area contributed by atoms with E-state index in [0.717, 1.165) is 37.7 Å². The molecule has 1 fully saturated rings. The molecule has 0 aromatic heterocycles. The highest BCUT2D eigenvalue weighted by atomic mass is 79.9. The molecule has 1 aliphatic heterocycles. The number of likely N-dealkylation sites (tertiary alicyclic amines) is 1. The molecule has 128 valence electrons. The number of nitrogens with zero attached hydrogens (tertiary/aromatic N) is 1. The first-order valence-corrected chi connectivity index (χ1v) is 9.61. The van der Waals surface area contributed by atoms with E-state index in [0.29, 0.717) is 5.92 Å². The van der Waals surface area contributed by atoms with Crippen molar-refractivity contribution in [3.8, 4) is 0 Å². The number of ether oxygens (including phenoxy) is 1. The average molecular weight is 382 g/mol. The summed E-state index contributed by atoms with van der Waals surface area (Å²) >= 11 is 3.53. The maximum Gasteiger partial charge on any atom is 0.410 e. The summed E-state index contributed by atoms with van der Waals surface area (Å²) in [6.07, 6.45) is 2.91. The molecule has 0 saturated carbocycles. The monoisotopic (exact) mass is 381 g/mol. The largest absolute Gasteiger partial charge is 0.444 e. The van der Waals surface area contributed by atoms with Gasteiger partial charge in [-0.25, -0.2) is 4.79 Å². The first kappa shape index (κ1) is 18.3. The summed E-state index contributed by atoms with van der Waals surface area (Å²) in [7, 11) is 0. The van der Waals surface area contributed by atoms with Crippen molar-refractivity contribution in [2.24, 2.45) is 0 Å². The fourth-order valence-corrected chi connectivity index (χ4v) is 3.49. The second-order valence-electron chi connectivity index (χ2n) is 7.26. The average Bonchev–Trinajstić information content (AvgIpc) is 2.52. The molecular weight excluding hydrogens is 354 g/mol. The number of carbonyl (C=O) groups is 1. The van der Waals surface area contributed by atoms with E-state index in [9.17, 15) is 4.79 Å². The Balaban J connectivity index is 2.00. The lowest BCUT2D eigenvalue weighted by Gasteiger charge is -2.34. The van der Waals surface area contributed by atoms with Crippen LogP contribution in [-0.2, 0) is 16.5 Å². The summed E-state index contributed by atoms with van der Waals surface area (Å²) in [5.41, 5.74) is 3.81. The lowest BCUT2D eigenvalue weighted by atomic mass is 9.85. The van der Waals surface area contributed by atoms with Crippen LogP contribution in [-0.4, -0.2) is 29.7 Å². The molecule has 1 heterocycles. The highest BCUT2D eigenvalue weighted by Gasteiger charge is 2.28. The Morgan fingerprint density at radius 3 is 2.48 bits per heavy atom. The maximum absolute atomic E-state index is 12.2. The fourth-order valence-electron chi connectivity index (χ4n) is 3.15. The zero-order chi connectivity index (χ0) is 17.0. The molecule has 23 heavy (non-hydrogen) atoms. The number of piperidine rings is 1. The molecule has 0 radical (unpaired) electrons. The Labute approximate surface area is 148 Å². The predicted octanol–water partition coefficient (Wildman–Crippen LogP) is 5.26. The van der Waals surface area contributed by atoms with Crippen LogP contribution in [0.1, 0.15) is 63.1 Å². The van der Waals surface area contributed by atoms with Crippen LogP contribution in [0, 0.1) is 0 Å². The quantitative estimate of drug-likeness (QED) is 0.668. The van der Waals surface area contributed by atoms with Crippen LogP contribution in [0.4, 0.5) is 4.79 Å². The van der Waals surface area contributed by atoms with Gasteiger partial charge in [0.1, 0.15) is 5.60 Å². The van der Waals surface area contributed by atoms with Crippen molar-refractivity contribution in [1.29, 1.82) is 0 Å². The van der Waals surface area contributed by atoms with E-state index in [-0.39, 0.29) is 6.09 Å². The van der Waals surface area contributed by atoms with Crippen molar-refractivity contribution >= 4 is 22.0 Å². The first-order valence-electron chi connectivity index (χ1n) is 8.49. The lowest BCUT2D eigenvalue weighted by molar-refractivity contribution is 0.0204. The number of hydrogen-bond donors (Lipinski definition) is 0. The summed E-state index contributed by atoms with van der Waals surface area (Å²) in [6.45, 7) is 9.52. The Bertz CT molecular complexity index is 543. The van der Waals surface area contributed by atoms with Crippen LogP contribution in [0.2, 0.25) is 0 Å². The Kier molecular flexibility index (Phi) is 6.12. The molecule has 0 N–H and O–H groups in total. The summed E-state index contributed by atoms with van der Waals surface area (Å²) in [6, 6.07) is 6.80. The molecule has 1 aromatic carbocycles. The van der Waals surface area contributed by atoms with Gasteiger partial charge in [-0.15, -0.1) is 0 Å². The SMILES string of the molecule is CCc1cc(CBr)ccc1C1CCN(C(=O)OC(C)(C)C)CC1. The van der Waals surface area contributed by atoms with E-state index < -0.39 is 5.60 Å². The molecule has 0 spiro atoms. The number of halogens is 1. The van der Waals surface area contributed by atoms with Gasteiger partial charge in [0.25, 0.3) is 0 Å². The van der Waals surface area contributed by atoms with E-state index >= 15 is 0 Å². The second-order valence-corrected chi connectivity index (χ2v) is 7.82. The van der Waals surface area contributed by atoms with Crippen molar-refractivity contribution in [3.63, 3.8) is 0 Å². The number of benzene rings is 1. The van der Waals surface area contributed by atoms with Gasteiger partial charge in [0, 0.05) is 18.4 Å². The number of hydrogen-bond acceptors (Lipinski definition) is 2. The molecule has 3 nitrogen and oxygen atoms in total. The molecule has 1 amide bonds. The van der Waals surface area contributed by atoms with Gasteiger partial charge in [0.05, 0.1) is 0 Å². The Morgan fingerprint density at radius 2 is 1.96 bits per heavy atom. The lowest BCUT2D eigenvalue weighted by Crippen LogP contribution is -2.41. The number of amides is 1. The zero-order valence-electron chi connectivity index (χ0n) is 14.7. The number of alkyl halides is 1. The van der Waals surface area contributed by atoms with Gasteiger partial charge in [-0.05, 0) is 62.6 Å². The predicted molar refractivity (Wildman–Crippen MR) is 98.2 cm³/mol. The highest BCUT2D eigenvalue weighted by Crippen LogP contribution is 2.32. The standard InChI is InChI=1S/C19H28BrNO2/c1-5-15-12-14(13-20)6-7-17(15)16-8-10-21(11-9-16)18(22)23-19(2,3)4/h6-7,12,16H,5,8-11,13H2,1-4H3. The topological polar surface area (TPSA) is 29.5 Å². The van der Waals surface area contributed by atoms with Gasteiger partial charge in [0.15, 0.2) is 0 Å². The third-order valence-corrected chi connectivity index (χ3v) is 4.98. The van der Waals surface area contributed by atoms with Crippen molar-refractivity contribution in [2.75, 3.05) is 13.1 Å². The Hall–Kier alpha value is -1.03. The summed E-state index contributed by atoms with van der Waals surface area (Å²) in [4.78, 5) is 14.0. The van der Waals surface area contributed by atoms with Crippen molar-refractivity contribution < 1.29 is 9.53 Å². The van der Waals surface area contributed by atoms with Gasteiger partial charge >= 0.3 is 6.09 Å². The van der Waals surface area contributed by atoms with E-state index in [4.69, 9.17) is 4.74 Å². The van der Waals surface area contributed by atoms with Gasteiger partial charge < -0.3 is 9.64 Å². The minimum atomic E-state index is -0.422. The third-order valence-electron chi connectivity index (χ3n) is 4.33. The molecular formula is C19H28BrNO2. The number of carbonyl (C=O) groups excluding carboxylic acids is 1. The van der Waals surface area contributed by atoms with Gasteiger partial charge in [-0.3, -0.25) is 0 Å². The van der Waals surface area contributed by atoms with Crippen LogP contribution < -0.4 is 0 Å². The molecule has 1 aliphatic rings. The van der Waals surface area contributed by atoms with Crippen LogP contribution in [0.3, 0.4) is 0 Å². The molecule has 0 atom stereocenters. The zero-order valence-corrected chi connectivity index (χ0v) is 16.3. The first-order chi connectivity index (χ1) is 10.8. The number of rotatable bonds is 3. The minimum Gasteiger partial charge on any atom is -0.444 e. The van der Waals surface area contributed by atoms with Gasteiger partial charge in [-0.2, -0.15) is 0 Å². The minimum absolute atomic E-state index is 0.179. The molecule has 0 unspecified atom stereocenters. The highest BCUT2D eigenvalue weighted by molar-refractivity contribution is 9.08. The third kappa shape index (κ3) is 4.97. The normalized spacial score (nSPS) is 16.5. The van der Waals surface area contributed by atoms with Crippen LogP contribution >= 0.6 is 15.9 Å². The smallest absolute Gasteiger partial charge is 0.410 e. The summed E-state index contributed by atoms with van der Waals surface area (Å²) < 4.78 is 5.48. The van der Waals surface area contributed by atoms with E-state index in [2.05, 4.69) is 41.1 Å². The Morgan fingerprint density at radius 1 is 1.30 bits per heavy atom. The van der Waals surface area contributed by atoms with E-state index in [1.165, 1.54) is 16.7 Å². The van der Waals surface area contributed by atoms with E-state index in [1.54, 1.807) is 0 Å². The molecule has 1 saturated heterocycles. The molecule has 0 bridgehead atoms. The van der Waals surface area contributed by atoms with Crippen molar-refractivity contribution in [1.82, 2.24) is 4.90 Å². The van der Waals surface area contributed by atoms with Gasteiger partial charge in [-0.1, -0.05) is 41.1 Å². The molecule has 1 aromatic rings. The van der Waals surface area contributed by atoms with Gasteiger partial charge in [0.2, 0.25) is 0 Å². The van der Waals surface area contributed by atoms with Crippen LogP contribution in [0.5, 0.6) is 0 Å². The fraction of sp³-hybridized carbons (Fsp3) is 0.632. The van der Waals surface area contributed by atoms with Crippen LogP contribution in [0.15, 0.2) is 18.2 Å².